The van der Waals surface area contributed by atoms with Crippen LogP contribution in [0.15, 0.2) is 182 Å². The van der Waals surface area contributed by atoms with Crippen molar-refractivity contribution in [3.8, 4) is 6.07 Å². The number of carbonyl (C=O) groups excluding carboxylic acids is 6. The van der Waals surface area contributed by atoms with Gasteiger partial charge in [0, 0.05) is 57.4 Å². The van der Waals surface area contributed by atoms with Crippen LogP contribution < -0.4 is 37.6 Å². The van der Waals surface area contributed by atoms with Gasteiger partial charge in [-0.3, -0.25) is 24.5 Å². The van der Waals surface area contributed by atoms with Gasteiger partial charge in [0.05, 0.1) is 31.2 Å². The molecule has 6 aromatic rings. The second-order valence-electron chi connectivity index (χ2n) is 39.3. The number of hydrogen-bond donors (Lipinski definition) is 12. The van der Waals surface area contributed by atoms with Crippen molar-refractivity contribution < 1.29 is 163 Å². The molecule has 4 amide bonds. The lowest BCUT2D eigenvalue weighted by Gasteiger charge is -2.29. The molecule has 8 atom stereocenters. The third-order valence-corrected chi connectivity index (χ3v) is 21.9. The summed E-state index contributed by atoms with van der Waals surface area (Å²) in [5, 5.41) is 68.1. The van der Waals surface area contributed by atoms with Crippen LogP contribution in [0, 0.1) is 61.1 Å². The maximum absolute atomic E-state index is 13.4. The Morgan fingerprint density at radius 2 is 0.541 bits per heavy atom. The summed E-state index contributed by atoms with van der Waals surface area (Å²) in [6.45, 7) is 22.9. The minimum atomic E-state index is -2.70. The molecule has 13 N–H and O–H groups in total. The zero-order chi connectivity index (χ0) is 112. The first kappa shape index (κ1) is 133. The van der Waals surface area contributed by atoms with Gasteiger partial charge in [0.15, 0.2) is 5.78 Å². The average Bonchev–Trinajstić information content (AvgIpc) is 0.782. The van der Waals surface area contributed by atoms with Crippen molar-refractivity contribution in [2.45, 2.75) is 295 Å². The number of aliphatic carboxylic acids is 5. The summed E-state index contributed by atoms with van der Waals surface area (Å²) in [7, 11) is 1.23. The van der Waals surface area contributed by atoms with Crippen LogP contribution >= 0.6 is 0 Å². The Balaban J connectivity index is 0.00000170. The van der Waals surface area contributed by atoms with Gasteiger partial charge >= 0.3 is 60.2 Å². The summed E-state index contributed by atoms with van der Waals surface area (Å²) in [5.41, 5.74) is 0.0812. The number of amides is 4. The van der Waals surface area contributed by atoms with Gasteiger partial charge in [0.25, 0.3) is 0 Å². The van der Waals surface area contributed by atoms with E-state index in [1.165, 1.54) is 104 Å². The molecule has 6 unspecified atom stereocenters. The average molecular weight is 2090 g/mol. The second-order valence-corrected chi connectivity index (χ2v) is 39.3. The van der Waals surface area contributed by atoms with Crippen LogP contribution in [0.5, 0.6) is 0 Å². The van der Waals surface area contributed by atoms with Crippen LogP contribution in [0.25, 0.3) is 0 Å². The van der Waals surface area contributed by atoms with E-state index in [0.717, 1.165) is 33.4 Å². The Hall–Kier alpha value is -12.7. The molecule has 0 aromatic heterocycles. The standard InChI is InChI=1S/C23H33F2NO5.3C15H19F2NO4.C14H18F2N2.C14H19F2NO2.C7H13F2NO2/c1-15(2)11-17(20(28)30-5)12-19(27)18(13-23(3,4)21(24)25)26-22(29)31-14-16-9-7-6-8-10-16;3*1-15(2,13(16)17)8-11(12(19)20)18-14(21)22-9-10-6-4-3-5-7-10;1-14(2,13(15)16)8-12(9-17)18-10-11-6-4-3-5-7-11;1-14(2,13(15)16)8-11(12(18)19)17-9-10-6-4-3-5-7-10;1-7(2,6(8)9)3-4(10)5(11)12/h6-10,15,17-18,21H,11-14H2,1-5H3,(H,26,29);3*3-7,11,13H,8-9H2,1-2H3,(H,18,21)(H,19,20);3-7,12-13,18H,8,10H2,1-2H3;3-7,11,13,17H,8-9H2,1-2H3,(H,18,19);4,6H,3,10H2,1-2H3,(H,11,12)/t17-,18+;;;;;;/m1....../s1. The maximum Gasteiger partial charge on any atom is 0.408 e. The minimum Gasteiger partial charge on any atom is -0.480 e. The molecule has 43 heteroatoms. The molecule has 0 spiro atoms. The summed E-state index contributed by atoms with van der Waals surface area (Å²) < 4.78 is 204. The summed E-state index contributed by atoms with van der Waals surface area (Å²) >= 11 is 0. The molecule has 146 heavy (non-hydrogen) atoms. The molecular weight excluding hydrogens is 1950 g/mol. The fourth-order valence-electron chi connectivity index (χ4n) is 12.4. The van der Waals surface area contributed by atoms with Crippen molar-refractivity contribution in [1.29, 1.82) is 5.26 Å². The van der Waals surface area contributed by atoms with Gasteiger partial charge in [0.1, 0.15) is 56.6 Å². The van der Waals surface area contributed by atoms with Crippen molar-refractivity contribution in [1.82, 2.24) is 31.9 Å². The molecule has 0 heterocycles. The number of nitrogens with zero attached hydrogens (tertiary/aromatic N) is 1. The number of hydrogen-bond acceptors (Lipinski definition) is 20. The van der Waals surface area contributed by atoms with E-state index in [9.17, 15) is 114 Å². The Kier molecular flexibility index (Phi) is 60.6. The number of esters is 1. The Labute approximate surface area is 842 Å². The lowest BCUT2D eigenvalue weighted by molar-refractivity contribution is -0.148. The van der Waals surface area contributed by atoms with E-state index in [2.05, 4.69) is 31.9 Å². The molecule has 0 aliphatic heterocycles. The Morgan fingerprint density at radius 3 is 0.767 bits per heavy atom. The third kappa shape index (κ3) is 56.7. The number of alkyl halides is 14. The normalized spacial score (nSPS) is 13.3. The molecule has 0 saturated heterocycles. The lowest BCUT2D eigenvalue weighted by atomic mass is 9.82. The number of ether oxygens (including phenoxy) is 5. The molecule has 6 rings (SSSR count). The van der Waals surface area contributed by atoms with Gasteiger partial charge in [-0.05, 0) is 90.7 Å². The van der Waals surface area contributed by atoms with Crippen LogP contribution in [-0.4, -0.2) is 186 Å². The molecule has 6 aromatic carbocycles. The van der Waals surface area contributed by atoms with Crippen LogP contribution in [-0.2, 0) is 96.8 Å². The topological polar surface area (TPSA) is 457 Å². The van der Waals surface area contributed by atoms with Crippen molar-refractivity contribution in [3.05, 3.63) is 215 Å². The van der Waals surface area contributed by atoms with E-state index in [1.807, 2.05) is 86.6 Å². The fourth-order valence-corrected chi connectivity index (χ4v) is 12.4. The first-order valence-electron chi connectivity index (χ1n) is 46.0. The smallest absolute Gasteiger partial charge is 0.408 e. The number of rotatable bonds is 50. The van der Waals surface area contributed by atoms with Crippen LogP contribution in [0.4, 0.5) is 80.6 Å². The fraction of sp³-hybridized carbons (Fsp3) is 0.534. The predicted octanol–water partition coefficient (Wildman–Crippen LogP) is 21.2. The number of benzene rings is 6. The quantitative estimate of drug-likeness (QED) is 0.00958. The monoisotopic (exact) mass is 2090 g/mol. The van der Waals surface area contributed by atoms with Gasteiger partial charge < -0.3 is 81.5 Å². The third-order valence-electron chi connectivity index (χ3n) is 21.9. The zero-order valence-corrected chi connectivity index (χ0v) is 84.7. The number of nitrogens with one attached hydrogen (secondary N) is 6. The number of Topliss-reactive ketones (excluding diaryl/α,β-unsaturated/α-hetero) is 1. The molecule has 0 radical (unpaired) electrons. The minimum absolute atomic E-state index is 0.0239. The van der Waals surface area contributed by atoms with E-state index in [0.29, 0.717) is 19.5 Å². The highest BCUT2D eigenvalue weighted by Gasteiger charge is 2.43. The highest BCUT2D eigenvalue weighted by molar-refractivity contribution is 5.90. The van der Waals surface area contributed by atoms with Gasteiger partial charge in [-0.25, -0.2) is 95.0 Å². The van der Waals surface area contributed by atoms with Crippen molar-refractivity contribution >= 4 is 66.0 Å². The summed E-state index contributed by atoms with van der Waals surface area (Å²) in [4.78, 5) is 127. The highest BCUT2D eigenvalue weighted by Crippen LogP contribution is 2.37. The lowest BCUT2D eigenvalue weighted by Crippen LogP contribution is -2.46. The second kappa shape index (κ2) is 66.4. The maximum atomic E-state index is 13.4. The van der Waals surface area contributed by atoms with Crippen LogP contribution in [0.2, 0.25) is 0 Å². The number of nitriles is 1. The number of ketones is 1. The molecular formula is C103H140F14N8O21. The van der Waals surface area contributed by atoms with Gasteiger partial charge in [0.2, 0.25) is 45.0 Å². The van der Waals surface area contributed by atoms with Gasteiger partial charge in [-0.15, -0.1) is 0 Å². The van der Waals surface area contributed by atoms with Gasteiger partial charge in [-0.1, -0.05) is 293 Å². The number of carboxylic acid groups (broad SMARTS) is 5. The molecule has 0 bridgehead atoms. The van der Waals surface area contributed by atoms with E-state index in [4.69, 9.17) is 60.2 Å². The zero-order valence-electron chi connectivity index (χ0n) is 84.7. The molecule has 816 valence electrons. The largest absolute Gasteiger partial charge is 0.480 e. The number of halogens is 14. The van der Waals surface area contributed by atoms with Crippen molar-refractivity contribution in [2.75, 3.05) is 7.11 Å². The molecule has 0 aliphatic carbocycles. The van der Waals surface area contributed by atoms with E-state index < -0.39 is 216 Å². The predicted molar refractivity (Wildman–Crippen MR) is 516 cm³/mol. The molecule has 29 nitrogen and oxygen atoms in total. The number of nitrogens with two attached hydrogens (primary N) is 1. The van der Waals surface area contributed by atoms with Crippen LogP contribution in [0.3, 0.4) is 0 Å². The van der Waals surface area contributed by atoms with E-state index in [1.54, 1.807) is 115 Å². The number of carboxylic acids is 5. The van der Waals surface area contributed by atoms with Crippen molar-refractivity contribution in [2.24, 2.45) is 55.5 Å². The highest BCUT2D eigenvalue weighted by atomic mass is 19.3. The SMILES string of the molecule is CC(C)(CC(C#N)NCc1ccccc1)C(F)F.CC(C)(CC(N)C(=O)O)C(F)F.CC(C)(CC(NC(=O)OCc1ccccc1)C(=O)O)C(F)F.CC(C)(CC(NC(=O)OCc1ccccc1)C(=O)O)C(F)F.CC(C)(CC(NC(=O)OCc1ccccc1)C(=O)O)C(F)F.CC(C)(CC(NCc1ccccc1)C(=O)O)C(F)F.COC(=O)[C@@H](CC(=O)[C@H](CC(C)(C)C(F)F)NC(=O)OCc1ccccc1)CC(C)C. The number of carbonyl (C=O) groups is 11. The molecule has 0 saturated carbocycles. The summed E-state index contributed by atoms with van der Waals surface area (Å²) in [5.74, 6) is -8.15. The summed E-state index contributed by atoms with van der Waals surface area (Å²) in [6.07, 6.45) is -23.6. The Morgan fingerprint density at radius 1 is 0.322 bits per heavy atom. The molecule has 0 fully saturated rings. The van der Waals surface area contributed by atoms with Crippen molar-refractivity contribution in [3.63, 3.8) is 0 Å². The summed E-state index contributed by atoms with van der Waals surface area (Å²) in [6, 6.07) is 47.9. The first-order chi connectivity index (χ1) is 67.7. The van der Waals surface area contributed by atoms with Gasteiger partial charge in [-0.2, -0.15) is 5.26 Å². The number of methoxy groups -OCH3 is 1. The van der Waals surface area contributed by atoms with E-state index >= 15 is 0 Å². The molecule has 0 aliphatic rings. The van der Waals surface area contributed by atoms with E-state index in [-0.39, 0.29) is 64.4 Å². The first-order valence-corrected chi connectivity index (χ1v) is 46.0. The Bertz CT molecular complexity index is 4650. The van der Waals surface area contributed by atoms with Crippen LogP contribution in [0.1, 0.15) is 202 Å². The number of alkyl carbamates (subject to hydrolysis) is 4.